The number of aromatic nitrogens is 5. The molecular weight excluding hydrogens is 609 g/mol. The third-order valence-electron chi connectivity index (χ3n) is 8.99. The van der Waals surface area contributed by atoms with Crippen LogP contribution >= 0.6 is 0 Å². The summed E-state index contributed by atoms with van der Waals surface area (Å²) in [6.45, 7) is 8.29. The summed E-state index contributed by atoms with van der Waals surface area (Å²) in [5.41, 5.74) is 11.2. The van der Waals surface area contributed by atoms with Crippen LogP contribution in [0.2, 0.25) is 0 Å². The molecule has 10 nitrogen and oxygen atoms in total. The molecule has 3 aromatic carbocycles. The maximum Gasteiger partial charge on any atom is 0.214 e. The van der Waals surface area contributed by atoms with E-state index >= 15 is 0 Å². The number of para-hydroxylation sites is 1. The molecule has 7 rings (SSSR count). The van der Waals surface area contributed by atoms with Gasteiger partial charge in [0.15, 0.2) is 11.6 Å². The van der Waals surface area contributed by atoms with Gasteiger partial charge in [-0.15, -0.1) is 0 Å². The van der Waals surface area contributed by atoms with E-state index in [1.165, 1.54) is 16.9 Å². The second kappa shape index (κ2) is 12.6. The van der Waals surface area contributed by atoms with E-state index in [4.69, 9.17) is 15.2 Å². The van der Waals surface area contributed by atoms with Gasteiger partial charge in [-0.05, 0) is 87.7 Å². The lowest BCUT2D eigenvalue weighted by Gasteiger charge is -2.34. The second-order valence-electron chi connectivity index (χ2n) is 12.6. The molecule has 246 valence electrons. The molecule has 3 aromatic heterocycles. The summed E-state index contributed by atoms with van der Waals surface area (Å²) in [6, 6.07) is 17.9. The quantitative estimate of drug-likeness (QED) is 0.162. The number of anilines is 1. The zero-order chi connectivity index (χ0) is 33.5. The van der Waals surface area contributed by atoms with Crippen molar-refractivity contribution in [1.82, 2.24) is 29.4 Å². The summed E-state index contributed by atoms with van der Waals surface area (Å²) in [7, 11) is 1.88. The zero-order valence-corrected chi connectivity index (χ0v) is 27.4. The van der Waals surface area contributed by atoms with E-state index < -0.39 is 5.82 Å². The van der Waals surface area contributed by atoms with Gasteiger partial charge in [-0.2, -0.15) is 10.2 Å². The average Bonchev–Trinajstić information content (AvgIpc) is 3.80. The number of hydrogen-bond donors (Lipinski definition) is 2. The number of carbonyl (C=O) groups is 1. The Morgan fingerprint density at radius 3 is 2.50 bits per heavy atom. The van der Waals surface area contributed by atoms with Crippen LogP contribution in [0.3, 0.4) is 0 Å². The van der Waals surface area contributed by atoms with Gasteiger partial charge in [-0.3, -0.25) is 9.48 Å². The molecule has 4 heterocycles. The maximum atomic E-state index is 14.1. The van der Waals surface area contributed by atoms with Crippen molar-refractivity contribution < 1.29 is 18.7 Å². The van der Waals surface area contributed by atoms with Crippen LogP contribution < -0.4 is 15.2 Å². The molecule has 0 spiro atoms. The Labute approximate surface area is 277 Å². The average molecular weight is 648 g/mol. The molecule has 0 unspecified atom stereocenters. The highest BCUT2D eigenvalue weighted by Gasteiger charge is 2.25. The van der Waals surface area contributed by atoms with E-state index in [9.17, 15) is 9.18 Å². The number of carbonyl (C=O) groups excluding carboxylic acids is 1. The van der Waals surface area contributed by atoms with E-state index in [1.807, 2.05) is 50.6 Å². The van der Waals surface area contributed by atoms with Crippen LogP contribution in [-0.4, -0.2) is 60.5 Å². The Morgan fingerprint density at radius 1 is 1.00 bits per heavy atom. The highest BCUT2D eigenvalue weighted by Crippen LogP contribution is 2.37. The number of fused-ring (bicyclic) bond motifs is 1. The summed E-state index contributed by atoms with van der Waals surface area (Å²) in [4.78, 5) is 19.6. The number of nitrogens with one attached hydrogen (secondary N) is 1. The summed E-state index contributed by atoms with van der Waals surface area (Å²) in [5.74, 6) is 0.875. The van der Waals surface area contributed by atoms with E-state index in [0.717, 1.165) is 59.3 Å². The van der Waals surface area contributed by atoms with Gasteiger partial charge in [0.1, 0.15) is 23.4 Å². The predicted octanol–water partition coefficient (Wildman–Crippen LogP) is 7.06. The lowest BCUT2D eigenvalue weighted by molar-refractivity contribution is 0.0848. The molecule has 0 atom stereocenters. The number of aromatic amines is 1. The number of nitrogens with zero attached hydrogens (tertiary/aromatic N) is 5. The Kier molecular flexibility index (Phi) is 8.22. The first-order valence-corrected chi connectivity index (χ1v) is 16.1. The SMILES string of the molecule is Cc1cc(-n2ncc(C(=O)c3cc4cc(OC5CCN(C(C)C)CC5)c(-c5cnn(C)c5)cc4[nH]3)c2N)ccc1Oc1ccccc1F. The van der Waals surface area contributed by atoms with Crippen LogP contribution in [0.5, 0.6) is 17.2 Å². The topological polar surface area (TPSA) is 116 Å². The van der Waals surface area contributed by atoms with Crippen molar-refractivity contribution >= 4 is 22.5 Å². The number of ketones is 1. The minimum atomic E-state index is -0.447. The minimum Gasteiger partial charge on any atom is -0.490 e. The van der Waals surface area contributed by atoms with E-state index in [2.05, 4.69) is 33.9 Å². The molecule has 0 amide bonds. The van der Waals surface area contributed by atoms with Crippen molar-refractivity contribution in [1.29, 1.82) is 0 Å². The second-order valence-corrected chi connectivity index (χ2v) is 12.6. The van der Waals surface area contributed by atoms with Crippen molar-refractivity contribution in [2.24, 2.45) is 7.05 Å². The van der Waals surface area contributed by atoms with E-state index in [1.54, 1.807) is 35.0 Å². The molecule has 1 fully saturated rings. The van der Waals surface area contributed by atoms with Crippen LogP contribution in [0.1, 0.15) is 48.3 Å². The van der Waals surface area contributed by atoms with Gasteiger partial charge in [-0.25, -0.2) is 9.07 Å². The molecular formula is C37H38FN7O3. The Balaban J connectivity index is 1.16. The maximum absolute atomic E-state index is 14.1. The van der Waals surface area contributed by atoms with Crippen LogP contribution in [-0.2, 0) is 7.05 Å². The highest BCUT2D eigenvalue weighted by molar-refractivity contribution is 6.12. The molecule has 0 radical (unpaired) electrons. The smallest absolute Gasteiger partial charge is 0.214 e. The number of benzene rings is 3. The van der Waals surface area contributed by atoms with Crippen LogP contribution in [0.25, 0.3) is 27.7 Å². The number of aryl methyl sites for hydroxylation is 2. The third-order valence-corrected chi connectivity index (χ3v) is 8.99. The standard InChI is InChI=1S/C37H38FN7O3/c1-22(2)44-13-11-27(12-14-44)47-35-17-24-16-32(42-31(24)18-28(35)25-19-40-43(4)21-25)36(46)29-20-41-45(37(29)39)26-9-10-33(23(3)15-26)48-34-8-6-5-7-30(34)38/h5-10,15-22,27,42H,11-14,39H2,1-4H3. The predicted molar refractivity (Wildman–Crippen MR) is 183 cm³/mol. The van der Waals surface area contributed by atoms with Gasteiger partial charge < -0.3 is 25.1 Å². The number of ether oxygens (including phenoxy) is 2. The minimum absolute atomic E-state index is 0.0994. The van der Waals surface area contributed by atoms with Crippen molar-refractivity contribution in [3.8, 4) is 34.1 Å². The lowest BCUT2D eigenvalue weighted by Crippen LogP contribution is -2.41. The molecule has 0 bridgehead atoms. The number of nitrogen functional groups attached to an aromatic ring is 1. The Morgan fingerprint density at radius 2 is 1.79 bits per heavy atom. The van der Waals surface area contributed by atoms with E-state index in [-0.39, 0.29) is 29.0 Å². The number of likely N-dealkylation sites (tertiary alicyclic amines) is 1. The van der Waals surface area contributed by atoms with Gasteiger partial charge in [0.25, 0.3) is 0 Å². The highest BCUT2D eigenvalue weighted by atomic mass is 19.1. The molecule has 1 aliphatic rings. The normalized spacial score (nSPS) is 14.2. The molecule has 3 N–H and O–H groups in total. The van der Waals surface area contributed by atoms with Crippen molar-refractivity contribution in [2.75, 3.05) is 18.8 Å². The molecule has 11 heteroatoms. The van der Waals surface area contributed by atoms with Crippen molar-refractivity contribution in [2.45, 2.75) is 45.8 Å². The number of rotatable bonds is 9. The fourth-order valence-electron chi connectivity index (χ4n) is 6.26. The lowest BCUT2D eigenvalue weighted by atomic mass is 10.0. The molecule has 48 heavy (non-hydrogen) atoms. The van der Waals surface area contributed by atoms with Gasteiger partial charge in [-0.1, -0.05) is 12.1 Å². The summed E-state index contributed by atoms with van der Waals surface area (Å²) >= 11 is 0. The number of nitrogens with two attached hydrogens (primary N) is 1. The Hall–Kier alpha value is -5.42. The number of hydrogen-bond acceptors (Lipinski definition) is 7. The number of halogens is 1. The first-order chi connectivity index (χ1) is 23.1. The van der Waals surface area contributed by atoms with Gasteiger partial charge in [0.05, 0.1) is 29.3 Å². The molecule has 0 saturated carbocycles. The van der Waals surface area contributed by atoms with Crippen LogP contribution in [0.4, 0.5) is 10.2 Å². The molecule has 1 aliphatic heterocycles. The van der Waals surface area contributed by atoms with Gasteiger partial charge in [0.2, 0.25) is 5.78 Å². The van der Waals surface area contributed by atoms with Crippen molar-refractivity contribution in [3.05, 3.63) is 102 Å². The summed E-state index contributed by atoms with van der Waals surface area (Å²) in [5, 5.41) is 9.66. The van der Waals surface area contributed by atoms with Crippen LogP contribution in [0, 0.1) is 12.7 Å². The fraction of sp³-hybridized carbons (Fsp3) is 0.270. The first kappa shape index (κ1) is 31.2. The number of piperidine rings is 1. The first-order valence-electron chi connectivity index (χ1n) is 16.1. The molecule has 1 saturated heterocycles. The monoisotopic (exact) mass is 647 g/mol. The third kappa shape index (κ3) is 6.04. The number of H-pyrrole nitrogens is 1. The van der Waals surface area contributed by atoms with Gasteiger partial charge in [0, 0.05) is 54.4 Å². The van der Waals surface area contributed by atoms with Crippen LogP contribution in [0.15, 0.2) is 79.3 Å². The molecule has 0 aliphatic carbocycles. The Bertz CT molecular complexity index is 2120. The summed E-state index contributed by atoms with van der Waals surface area (Å²) in [6.07, 6.45) is 7.25. The molecule has 6 aromatic rings. The van der Waals surface area contributed by atoms with Crippen molar-refractivity contribution in [3.63, 3.8) is 0 Å². The van der Waals surface area contributed by atoms with E-state index in [0.29, 0.717) is 23.2 Å². The largest absolute Gasteiger partial charge is 0.490 e. The zero-order valence-electron chi connectivity index (χ0n) is 27.4. The summed E-state index contributed by atoms with van der Waals surface area (Å²) < 4.78 is 29.8. The fourth-order valence-corrected chi connectivity index (χ4v) is 6.26. The van der Waals surface area contributed by atoms with Gasteiger partial charge >= 0.3 is 0 Å².